The van der Waals surface area contributed by atoms with E-state index in [4.69, 9.17) is 4.74 Å². The van der Waals surface area contributed by atoms with Gasteiger partial charge in [0.1, 0.15) is 6.07 Å². The maximum Gasteiger partial charge on any atom is 0.269 e. The minimum atomic E-state index is -0.597. The third-order valence-corrected chi connectivity index (χ3v) is 3.88. The van der Waals surface area contributed by atoms with Gasteiger partial charge in [-0.25, -0.2) is 4.39 Å². The first-order valence-corrected chi connectivity index (χ1v) is 8.34. The molecule has 0 atom stereocenters. The number of nitriles is 1. The third-order valence-electron chi connectivity index (χ3n) is 3.88. The summed E-state index contributed by atoms with van der Waals surface area (Å²) >= 11 is 0. The Labute approximate surface area is 160 Å². The SMILES string of the molecule is CCOc1c(F)cn(-c2ccc(C#Cc3ccc([N+](=O)[O-])cc3)cc2)c1C#N. The number of ether oxygens (including phenoxy) is 1. The van der Waals surface area contributed by atoms with Crippen molar-refractivity contribution in [2.45, 2.75) is 6.92 Å². The maximum absolute atomic E-state index is 14.0. The molecule has 0 aliphatic carbocycles. The van der Waals surface area contributed by atoms with E-state index in [0.717, 1.165) is 0 Å². The first-order valence-electron chi connectivity index (χ1n) is 8.34. The van der Waals surface area contributed by atoms with Crippen LogP contribution in [0.1, 0.15) is 23.7 Å². The van der Waals surface area contributed by atoms with Gasteiger partial charge in [0.25, 0.3) is 5.69 Å². The summed E-state index contributed by atoms with van der Waals surface area (Å²) in [5.74, 6) is 5.23. The molecule has 0 bridgehead atoms. The Balaban J connectivity index is 1.84. The number of hydrogen-bond acceptors (Lipinski definition) is 4. The van der Waals surface area contributed by atoms with E-state index in [-0.39, 0.29) is 23.7 Å². The van der Waals surface area contributed by atoms with Gasteiger partial charge in [0.15, 0.2) is 17.3 Å². The van der Waals surface area contributed by atoms with Gasteiger partial charge in [-0.3, -0.25) is 10.1 Å². The van der Waals surface area contributed by atoms with Crippen LogP contribution in [0.4, 0.5) is 10.1 Å². The fourth-order valence-corrected chi connectivity index (χ4v) is 2.57. The van der Waals surface area contributed by atoms with E-state index in [1.807, 2.05) is 6.07 Å². The summed E-state index contributed by atoms with van der Waals surface area (Å²) in [6, 6.07) is 14.8. The molecule has 0 saturated carbocycles. The van der Waals surface area contributed by atoms with Crippen LogP contribution in [0.25, 0.3) is 5.69 Å². The standard InChI is InChI=1S/C21H14FN3O3/c1-2-28-21-19(22)14-24(20(21)13-23)17-9-5-15(6-10-17)3-4-16-7-11-18(12-8-16)25(26)27/h5-12,14H,2H2,1H3. The van der Waals surface area contributed by atoms with Gasteiger partial charge in [0.05, 0.1) is 17.7 Å². The Morgan fingerprint density at radius 3 is 2.18 bits per heavy atom. The molecule has 0 unspecified atom stereocenters. The second-order valence-electron chi connectivity index (χ2n) is 5.67. The van der Waals surface area contributed by atoms with Crippen LogP contribution in [-0.2, 0) is 0 Å². The molecule has 0 saturated heterocycles. The largest absolute Gasteiger partial charge is 0.488 e. The van der Waals surface area contributed by atoms with Crippen molar-refractivity contribution in [2.24, 2.45) is 0 Å². The van der Waals surface area contributed by atoms with Gasteiger partial charge in [0, 0.05) is 28.9 Å². The van der Waals surface area contributed by atoms with Crippen LogP contribution in [0.2, 0.25) is 0 Å². The fraction of sp³-hybridized carbons (Fsp3) is 0.0952. The van der Waals surface area contributed by atoms with Gasteiger partial charge in [-0.15, -0.1) is 0 Å². The van der Waals surface area contributed by atoms with Gasteiger partial charge in [0.2, 0.25) is 0 Å². The molecule has 3 aromatic rings. The Morgan fingerprint density at radius 2 is 1.68 bits per heavy atom. The van der Waals surface area contributed by atoms with Crippen molar-refractivity contribution in [3.63, 3.8) is 0 Å². The lowest BCUT2D eigenvalue weighted by atomic mass is 10.1. The minimum Gasteiger partial charge on any atom is -0.488 e. The smallest absolute Gasteiger partial charge is 0.269 e. The van der Waals surface area contributed by atoms with Crippen LogP contribution in [0.15, 0.2) is 54.7 Å². The number of halogens is 1. The van der Waals surface area contributed by atoms with Crippen molar-refractivity contribution in [1.29, 1.82) is 5.26 Å². The number of nitro groups is 1. The molecule has 0 radical (unpaired) electrons. The first kappa shape index (κ1) is 18.7. The van der Waals surface area contributed by atoms with Crippen LogP contribution >= 0.6 is 0 Å². The molecule has 0 fully saturated rings. The average molecular weight is 375 g/mol. The molecule has 138 valence electrons. The van der Waals surface area contributed by atoms with E-state index in [2.05, 4.69) is 11.8 Å². The molecule has 1 heterocycles. The Bertz CT molecular complexity index is 1120. The molecule has 6 nitrogen and oxygen atoms in total. The second kappa shape index (κ2) is 8.07. The lowest BCUT2D eigenvalue weighted by Gasteiger charge is -2.05. The quantitative estimate of drug-likeness (QED) is 0.389. The summed E-state index contributed by atoms with van der Waals surface area (Å²) in [5, 5.41) is 20.0. The summed E-state index contributed by atoms with van der Waals surface area (Å²) in [6.07, 6.45) is 1.21. The van der Waals surface area contributed by atoms with Crippen LogP contribution in [0.5, 0.6) is 5.75 Å². The Hall–Kier alpha value is -4.10. The van der Waals surface area contributed by atoms with Crippen molar-refractivity contribution in [3.05, 3.63) is 87.5 Å². The number of hydrogen-bond donors (Lipinski definition) is 0. The monoisotopic (exact) mass is 375 g/mol. The third kappa shape index (κ3) is 3.84. The molecule has 3 rings (SSSR count). The first-order chi connectivity index (χ1) is 13.5. The van der Waals surface area contributed by atoms with Crippen LogP contribution in [0.3, 0.4) is 0 Å². The number of nitro benzene ring substituents is 1. The van der Waals surface area contributed by atoms with Crippen molar-refractivity contribution in [3.8, 4) is 29.3 Å². The summed E-state index contributed by atoms with van der Waals surface area (Å²) < 4.78 is 20.7. The zero-order valence-corrected chi connectivity index (χ0v) is 14.8. The van der Waals surface area contributed by atoms with E-state index >= 15 is 0 Å². The number of benzene rings is 2. The van der Waals surface area contributed by atoms with E-state index < -0.39 is 10.7 Å². The molecule has 0 spiro atoms. The van der Waals surface area contributed by atoms with Gasteiger partial charge in [-0.05, 0) is 43.3 Å². The zero-order valence-electron chi connectivity index (χ0n) is 14.8. The van der Waals surface area contributed by atoms with E-state index in [1.54, 1.807) is 43.3 Å². The molecule has 0 aliphatic rings. The van der Waals surface area contributed by atoms with E-state index in [1.165, 1.54) is 22.9 Å². The molecule has 2 aromatic carbocycles. The molecule has 0 amide bonds. The molecular formula is C21H14FN3O3. The predicted molar refractivity (Wildman–Crippen MR) is 101 cm³/mol. The predicted octanol–water partition coefficient (Wildman–Crippen LogP) is 4.19. The van der Waals surface area contributed by atoms with Crippen molar-refractivity contribution in [2.75, 3.05) is 6.61 Å². The molecular weight excluding hydrogens is 361 g/mol. The highest BCUT2D eigenvalue weighted by molar-refractivity contribution is 5.51. The van der Waals surface area contributed by atoms with Gasteiger partial charge >= 0.3 is 0 Å². The lowest BCUT2D eigenvalue weighted by Crippen LogP contribution is -1.98. The summed E-state index contributed by atoms with van der Waals surface area (Å²) in [4.78, 5) is 10.2. The lowest BCUT2D eigenvalue weighted by molar-refractivity contribution is -0.384. The molecule has 28 heavy (non-hydrogen) atoms. The molecule has 1 aromatic heterocycles. The summed E-state index contributed by atoms with van der Waals surface area (Å²) in [6.45, 7) is 1.98. The van der Waals surface area contributed by atoms with E-state index in [0.29, 0.717) is 16.8 Å². The van der Waals surface area contributed by atoms with Gasteiger partial charge in [-0.1, -0.05) is 11.8 Å². The normalized spacial score (nSPS) is 9.89. The maximum atomic E-state index is 14.0. The number of aromatic nitrogens is 1. The Kier molecular flexibility index (Phi) is 5.38. The summed E-state index contributed by atoms with van der Waals surface area (Å²) in [7, 11) is 0. The minimum absolute atomic E-state index is 0.00794. The van der Waals surface area contributed by atoms with Crippen LogP contribution < -0.4 is 4.74 Å². The fourth-order valence-electron chi connectivity index (χ4n) is 2.57. The summed E-state index contributed by atoms with van der Waals surface area (Å²) in [5.41, 5.74) is 2.05. The van der Waals surface area contributed by atoms with Gasteiger partial charge in [-0.2, -0.15) is 5.26 Å². The van der Waals surface area contributed by atoms with Crippen molar-refractivity contribution in [1.82, 2.24) is 4.57 Å². The Morgan fingerprint density at radius 1 is 1.11 bits per heavy atom. The van der Waals surface area contributed by atoms with Crippen LogP contribution in [0, 0.1) is 39.1 Å². The van der Waals surface area contributed by atoms with Gasteiger partial charge < -0.3 is 9.30 Å². The molecule has 0 N–H and O–H groups in total. The highest BCUT2D eigenvalue weighted by Crippen LogP contribution is 2.27. The van der Waals surface area contributed by atoms with Crippen molar-refractivity contribution >= 4 is 5.69 Å². The highest BCUT2D eigenvalue weighted by Gasteiger charge is 2.18. The van der Waals surface area contributed by atoms with Crippen molar-refractivity contribution < 1.29 is 14.1 Å². The molecule has 0 aliphatic heterocycles. The second-order valence-corrected chi connectivity index (χ2v) is 5.67. The number of nitrogens with zero attached hydrogens (tertiary/aromatic N) is 3. The van der Waals surface area contributed by atoms with Crippen LogP contribution in [-0.4, -0.2) is 16.1 Å². The average Bonchev–Trinajstić information content (AvgIpc) is 3.03. The number of non-ortho nitro benzene ring substituents is 1. The topological polar surface area (TPSA) is 81.1 Å². The highest BCUT2D eigenvalue weighted by atomic mass is 19.1. The zero-order chi connectivity index (χ0) is 20.1. The number of rotatable bonds is 4. The van der Waals surface area contributed by atoms with E-state index in [9.17, 15) is 19.8 Å². The molecule has 7 heteroatoms.